The van der Waals surface area contributed by atoms with Gasteiger partial charge in [-0.05, 0) is 33.8 Å². The molecule has 1 aromatic rings. The summed E-state index contributed by atoms with van der Waals surface area (Å²) >= 11 is 0. The van der Waals surface area contributed by atoms with Crippen LogP contribution in [0.3, 0.4) is 0 Å². The number of likely N-dealkylation sites (tertiary alicyclic amines) is 1. The number of carbonyl (C=O) groups is 1. The van der Waals surface area contributed by atoms with Gasteiger partial charge in [0.2, 0.25) is 0 Å². The highest BCUT2D eigenvalue weighted by molar-refractivity contribution is 5.68. The smallest absolute Gasteiger partial charge is 0.410 e. The summed E-state index contributed by atoms with van der Waals surface area (Å²) < 4.78 is 11.1. The maximum atomic E-state index is 12.0. The zero-order valence-corrected chi connectivity index (χ0v) is 13.1. The van der Waals surface area contributed by atoms with Gasteiger partial charge in [0.15, 0.2) is 0 Å². The van der Waals surface area contributed by atoms with Gasteiger partial charge in [0.1, 0.15) is 11.7 Å². The molecular weight excluding hydrogens is 270 g/mol. The number of carbonyl (C=O) groups excluding carboxylic acids is 1. The maximum Gasteiger partial charge on any atom is 0.410 e. The Morgan fingerprint density at radius 2 is 2.00 bits per heavy atom. The largest absolute Gasteiger partial charge is 0.460 e. The average molecular weight is 293 g/mol. The van der Waals surface area contributed by atoms with E-state index in [1.807, 2.05) is 33.8 Å². The highest BCUT2D eigenvalue weighted by Gasteiger charge is 2.27. The van der Waals surface area contributed by atoms with Gasteiger partial charge in [-0.3, -0.25) is 0 Å². The Kier molecular flexibility index (Phi) is 4.65. The molecule has 2 rings (SSSR count). The number of ether oxygens (including phenoxy) is 2. The predicted octanol–water partition coefficient (Wildman–Crippen LogP) is 2.56. The third-order valence-electron chi connectivity index (χ3n) is 3.14. The van der Waals surface area contributed by atoms with Crippen molar-refractivity contribution in [3.63, 3.8) is 0 Å². The molecule has 0 spiro atoms. The van der Waals surface area contributed by atoms with Crippen LogP contribution in [-0.4, -0.2) is 45.8 Å². The lowest BCUT2D eigenvalue weighted by molar-refractivity contribution is 0.0119. The molecule has 116 valence electrons. The van der Waals surface area contributed by atoms with Gasteiger partial charge in [-0.15, -0.1) is 0 Å². The van der Waals surface area contributed by atoms with Gasteiger partial charge in [0.25, 0.3) is 0 Å². The highest BCUT2D eigenvalue weighted by atomic mass is 16.6. The van der Waals surface area contributed by atoms with Gasteiger partial charge >= 0.3 is 12.1 Å². The summed E-state index contributed by atoms with van der Waals surface area (Å²) in [6.45, 7) is 8.78. The number of nitrogens with zero attached hydrogens (tertiary/aromatic N) is 3. The van der Waals surface area contributed by atoms with Crippen LogP contribution in [0.2, 0.25) is 0 Å². The molecule has 6 heteroatoms. The monoisotopic (exact) mass is 293 g/mol. The standard InChI is InChI=1S/C15H23N3O3/c1-11-5-8-16-13(17-11)20-12-6-9-18(10-7-12)14(19)21-15(2,3)4/h5,8,12H,6-7,9-10H2,1-4H3. The van der Waals surface area contributed by atoms with E-state index in [1.165, 1.54) is 0 Å². The van der Waals surface area contributed by atoms with Crippen LogP contribution in [0.5, 0.6) is 6.01 Å². The number of aromatic nitrogens is 2. The second-order valence-corrected chi connectivity index (χ2v) is 6.27. The fourth-order valence-electron chi connectivity index (χ4n) is 2.11. The van der Waals surface area contributed by atoms with Gasteiger partial charge in [-0.1, -0.05) is 0 Å². The number of hydrogen-bond donors (Lipinski definition) is 0. The number of aryl methyl sites for hydroxylation is 1. The van der Waals surface area contributed by atoms with Crippen molar-refractivity contribution in [3.8, 4) is 6.01 Å². The van der Waals surface area contributed by atoms with Gasteiger partial charge in [0, 0.05) is 37.8 Å². The SMILES string of the molecule is Cc1ccnc(OC2CCN(C(=O)OC(C)(C)C)CC2)n1. The van der Waals surface area contributed by atoms with Crippen LogP contribution in [0, 0.1) is 6.92 Å². The Morgan fingerprint density at radius 1 is 1.33 bits per heavy atom. The molecule has 1 aliphatic heterocycles. The quantitative estimate of drug-likeness (QED) is 0.838. The van der Waals surface area contributed by atoms with E-state index < -0.39 is 5.60 Å². The molecule has 1 aromatic heterocycles. The van der Waals surface area contributed by atoms with Gasteiger partial charge in [-0.2, -0.15) is 0 Å². The van der Waals surface area contributed by atoms with Crippen molar-refractivity contribution < 1.29 is 14.3 Å². The molecular formula is C15H23N3O3. The molecule has 0 saturated carbocycles. The molecule has 21 heavy (non-hydrogen) atoms. The van der Waals surface area contributed by atoms with Crippen molar-refractivity contribution >= 4 is 6.09 Å². The molecule has 0 N–H and O–H groups in total. The molecule has 1 aliphatic rings. The summed E-state index contributed by atoms with van der Waals surface area (Å²) in [7, 11) is 0. The van der Waals surface area contributed by atoms with Crippen molar-refractivity contribution in [2.75, 3.05) is 13.1 Å². The second-order valence-electron chi connectivity index (χ2n) is 6.27. The minimum absolute atomic E-state index is 0.0467. The van der Waals surface area contributed by atoms with Crippen LogP contribution < -0.4 is 4.74 Å². The Morgan fingerprint density at radius 3 is 2.57 bits per heavy atom. The van der Waals surface area contributed by atoms with Crippen molar-refractivity contribution in [1.29, 1.82) is 0 Å². The van der Waals surface area contributed by atoms with E-state index in [1.54, 1.807) is 11.1 Å². The van der Waals surface area contributed by atoms with Gasteiger partial charge in [0.05, 0.1) is 0 Å². The van der Waals surface area contributed by atoms with E-state index in [2.05, 4.69) is 9.97 Å². The molecule has 1 amide bonds. The van der Waals surface area contributed by atoms with E-state index in [0.29, 0.717) is 19.1 Å². The van der Waals surface area contributed by atoms with E-state index in [9.17, 15) is 4.79 Å². The van der Waals surface area contributed by atoms with E-state index >= 15 is 0 Å². The molecule has 1 fully saturated rings. The van der Waals surface area contributed by atoms with Crippen molar-refractivity contribution in [1.82, 2.24) is 14.9 Å². The molecule has 0 atom stereocenters. The number of piperidine rings is 1. The van der Waals surface area contributed by atoms with Crippen molar-refractivity contribution in [2.24, 2.45) is 0 Å². The number of hydrogen-bond acceptors (Lipinski definition) is 5. The first-order valence-electron chi connectivity index (χ1n) is 7.28. The zero-order valence-electron chi connectivity index (χ0n) is 13.1. The molecule has 0 unspecified atom stereocenters. The Bertz CT molecular complexity index is 491. The lowest BCUT2D eigenvalue weighted by atomic mass is 10.1. The van der Waals surface area contributed by atoms with Gasteiger partial charge in [-0.25, -0.2) is 14.8 Å². The fourth-order valence-corrected chi connectivity index (χ4v) is 2.11. The van der Waals surface area contributed by atoms with E-state index in [0.717, 1.165) is 18.5 Å². The summed E-state index contributed by atoms with van der Waals surface area (Å²) in [5.74, 6) is 0. The third kappa shape index (κ3) is 4.88. The summed E-state index contributed by atoms with van der Waals surface area (Å²) in [6.07, 6.45) is 3.00. The zero-order chi connectivity index (χ0) is 15.5. The summed E-state index contributed by atoms with van der Waals surface area (Å²) in [4.78, 5) is 22.0. The number of rotatable bonds is 2. The topological polar surface area (TPSA) is 64.5 Å². The van der Waals surface area contributed by atoms with Gasteiger partial charge < -0.3 is 14.4 Å². The van der Waals surface area contributed by atoms with Crippen LogP contribution >= 0.6 is 0 Å². The lowest BCUT2D eigenvalue weighted by Gasteiger charge is -2.33. The molecule has 1 saturated heterocycles. The lowest BCUT2D eigenvalue weighted by Crippen LogP contribution is -2.44. The highest BCUT2D eigenvalue weighted by Crippen LogP contribution is 2.18. The molecule has 0 radical (unpaired) electrons. The average Bonchev–Trinajstić information content (AvgIpc) is 2.37. The van der Waals surface area contributed by atoms with Crippen LogP contribution in [0.15, 0.2) is 12.3 Å². The minimum atomic E-state index is -0.458. The van der Waals surface area contributed by atoms with Crippen LogP contribution in [0.25, 0.3) is 0 Å². The Hall–Kier alpha value is -1.85. The fraction of sp³-hybridized carbons (Fsp3) is 0.667. The third-order valence-corrected chi connectivity index (χ3v) is 3.14. The summed E-state index contributed by atoms with van der Waals surface area (Å²) in [5.41, 5.74) is 0.422. The normalized spacial score (nSPS) is 16.7. The summed E-state index contributed by atoms with van der Waals surface area (Å²) in [6, 6.07) is 2.24. The van der Waals surface area contributed by atoms with Crippen molar-refractivity contribution in [2.45, 2.75) is 52.2 Å². The van der Waals surface area contributed by atoms with E-state index in [4.69, 9.17) is 9.47 Å². The molecule has 0 aromatic carbocycles. The number of amides is 1. The predicted molar refractivity (Wildman–Crippen MR) is 78.2 cm³/mol. The second kappa shape index (κ2) is 6.28. The van der Waals surface area contributed by atoms with Crippen LogP contribution in [0.1, 0.15) is 39.3 Å². The first-order valence-corrected chi connectivity index (χ1v) is 7.28. The van der Waals surface area contributed by atoms with Crippen LogP contribution in [0.4, 0.5) is 4.79 Å². The minimum Gasteiger partial charge on any atom is -0.460 e. The van der Waals surface area contributed by atoms with E-state index in [-0.39, 0.29) is 12.2 Å². The Balaban J connectivity index is 1.82. The van der Waals surface area contributed by atoms with Crippen molar-refractivity contribution in [3.05, 3.63) is 18.0 Å². The Labute approximate surface area is 125 Å². The maximum absolute atomic E-state index is 12.0. The molecule has 2 heterocycles. The van der Waals surface area contributed by atoms with Crippen LogP contribution in [-0.2, 0) is 4.74 Å². The summed E-state index contributed by atoms with van der Waals surface area (Å²) in [5, 5.41) is 0. The molecule has 6 nitrogen and oxygen atoms in total. The first-order chi connectivity index (χ1) is 9.83. The first kappa shape index (κ1) is 15.5. The molecule has 0 aliphatic carbocycles. The molecule has 0 bridgehead atoms.